The number of anilines is 1. The Balaban J connectivity index is 2.97. The van der Waals surface area contributed by atoms with Crippen LogP contribution in [0.25, 0.3) is 0 Å². The smallest absolute Gasteiger partial charge is 0.272 e. The highest BCUT2D eigenvalue weighted by atomic mass is 16.2. The highest BCUT2D eigenvalue weighted by Crippen LogP contribution is 2.13. The van der Waals surface area contributed by atoms with Crippen LogP contribution >= 0.6 is 0 Å². The van der Waals surface area contributed by atoms with Gasteiger partial charge >= 0.3 is 0 Å². The molecule has 1 amide bonds. The van der Waals surface area contributed by atoms with Crippen molar-refractivity contribution in [2.75, 3.05) is 31.6 Å². The Morgan fingerprint density at radius 3 is 2.40 bits per heavy atom. The molecule has 20 heavy (non-hydrogen) atoms. The fourth-order valence-electron chi connectivity index (χ4n) is 2.06. The maximum atomic E-state index is 12.4. The molecule has 0 aliphatic carbocycles. The van der Waals surface area contributed by atoms with Gasteiger partial charge in [0.15, 0.2) is 0 Å². The lowest BCUT2D eigenvalue weighted by molar-refractivity contribution is 0.0787. The monoisotopic (exact) mass is 278 g/mol. The third-order valence-corrected chi connectivity index (χ3v) is 3.32. The van der Waals surface area contributed by atoms with E-state index in [1.807, 2.05) is 14.0 Å². The number of hydrogen-bond acceptors (Lipinski definition) is 4. The van der Waals surface area contributed by atoms with Gasteiger partial charge in [0.05, 0.1) is 0 Å². The number of hydrogen-bond donors (Lipinski definition) is 0. The van der Waals surface area contributed by atoms with Gasteiger partial charge in [0.1, 0.15) is 17.3 Å². The van der Waals surface area contributed by atoms with Crippen molar-refractivity contribution >= 4 is 11.7 Å². The average molecular weight is 278 g/mol. The van der Waals surface area contributed by atoms with Crippen molar-refractivity contribution in [3.05, 3.63) is 17.6 Å². The molecule has 0 aliphatic heterocycles. The van der Waals surface area contributed by atoms with E-state index in [0.717, 1.165) is 38.3 Å². The maximum Gasteiger partial charge on any atom is 0.272 e. The van der Waals surface area contributed by atoms with Gasteiger partial charge in [0, 0.05) is 32.7 Å². The van der Waals surface area contributed by atoms with E-state index in [0.29, 0.717) is 11.5 Å². The zero-order chi connectivity index (χ0) is 15.1. The van der Waals surface area contributed by atoms with Gasteiger partial charge in [-0.25, -0.2) is 9.97 Å². The van der Waals surface area contributed by atoms with Crippen LogP contribution < -0.4 is 4.90 Å². The van der Waals surface area contributed by atoms with Crippen molar-refractivity contribution in [3.63, 3.8) is 0 Å². The maximum absolute atomic E-state index is 12.4. The molecular weight excluding hydrogens is 252 g/mol. The summed E-state index contributed by atoms with van der Waals surface area (Å²) in [4.78, 5) is 24.9. The quantitative estimate of drug-likeness (QED) is 0.769. The first-order valence-corrected chi connectivity index (χ1v) is 7.39. The van der Waals surface area contributed by atoms with E-state index in [1.165, 1.54) is 0 Å². The fourth-order valence-corrected chi connectivity index (χ4v) is 2.06. The van der Waals surface area contributed by atoms with Crippen molar-refractivity contribution in [2.45, 2.75) is 40.5 Å². The van der Waals surface area contributed by atoms with Crippen LogP contribution in [0.2, 0.25) is 0 Å². The molecule has 1 heterocycles. The van der Waals surface area contributed by atoms with Crippen LogP contribution in [0.15, 0.2) is 6.07 Å². The molecule has 0 N–H and O–H groups in total. The van der Waals surface area contributed by atoms with Crippen LogP contribution in [-0.4, -0.2) is 47.5 Å². The summed E-state index contributed by atoms with van der Waals surface area (Å²) >= 11 is 0. The topological polar surface area (TPSA) is 49.3 Å². The van der Waals surface area contributed by atoms with Crippen molar-refractivity contribution in [2.24, 2.45) is 0 Å². The second-order valence-electron chi connectivity index (χ2n) is 4.91. The number of rotatable bonds is 7. The van der Waals surface area contributed by atoms with Crippen LogP contribution in [0.5, 0.6) is 0 Å². The first kappa shape index (κ1) is 16.4. The molecule has 1 rings (SSSR count). The zero-order valence-electron chi connectivity index (χ0n) is 13.3. The van der Waals surface area contributed by atoms with E-state index < -0.39 is 0 Å². The van der Waals surface area contributed by atoms with Crippen molar-refractivity contribution < 1.29 is 4.79 Å². The van der Waals surface area contributed by atoms with Gasteiger partial charge in [-0.3, -0.25) is 4.79 Å². The lowest BCUT2D eigenvalue weighted by Gasteiger charge is -2.21. The molecule has 0 saturated carbocycles. The highest BCUT2D eigenvalue weighted by molar-refractivity contribution is 5.92. The lowest BCUT2D eigenvalue weighted by atomic mass is 10.3. The number of nitrogens with zero attached hydrogens (tertiary/aromatic N) is 4. The Hall–Kier alpha value is -1.65. The van der Waals surface area contributed by atoms with E-state index in [2.05, 4.69) is 35.6 Å². The Bertz CT molecular complexity index is 443. The van der Waals surface area contributed by atoms with Gasteiger partial charge in [-0.15, -0.1) is 0 Å². The van der Waals surface area contributed by atoms with Crippen molar-refractivity contribution in [3.8, 4) is 0 Å². The Kier molecular flexibility index (Phi) is 6.42. The summed E-state index contributed by atoms with van der Waals surface area (Å²) in [5, 5.41) is 0. The summed E-state index contributed by atoms with van der Waals surface area (Å²) in [6, 6.07) is 1.80. The van der Waals surface area contributed by atoms with E-state index in [1.54, 1.807) is 11.0 Å². The molecule has 0 spiro atoms. The molecule has 112 valence electrons. The van der Waals surface area contributed by atoms with E-state index in [9.17, 15) is 4.79 Å². The normalized spacial score (nSPS) is 10.4. The molecule has 0 bridgehead atoms. The SMILES string of the molecule is CCCCN(C)C(=O)c1cc(N(CC)CC)nc(C)n1. The van der Waals surface area contributed by atoms with Crippen molar-refractivity contribution in [1.82, 2.24) is 14.9 Å². The Morgan fingerprint density at radius 1 is 1.20 bits per heavy atom. The van der Waals surface area contributed by atoms with Crippen LogP contribution in [0.4, 0.5) is 5.82 Å². The Morgan fingerprint density at radius 2 is 1.85 bits per heavy atom. The lowest BCUT2D eigenvalue weighted by Crippen LogP contribution is -2.30. The predicted octanol–water partition coefficient (Wildman–Crippen LogP) is 2.50. The summed E-state index contributed by atoms with van der Waals surface area (Å²) in [6.45, 7) is 10.6. The summed E-state index contributed by atoms with van der Waals surface area (Å²) in [5.41, 5.74) is 0.484. The van der Waals surface area contributed by atoms with E-state index >= 15 is 0 Å². The second kappa shape index (κ2) is 7.82. The van der Waals surface area contributed by atoms with Gasteiger partial charge in [0.25, 0.3) is 5.91 Å². The molecule has 0 unspecified atom stereocenters. The molecule has 0 aromatic carbocycles. The van der Waals surface area contributed by atoms with E-state index in [4.69, 9.17) is 0 Å². The molecule has 0 atom stereocenters. The van der Waals surface area contributed by atoms with Crippen LogP contribution in [0.1, 0.15) is 49.9 Å². The first-order valence-electron chi connectivity index (χ1n) is 7.39. The van der Waals surface area contributed by atoms with Crippen molar-refractivity contribution in [1.29, 1.82) is 0 Å². The minimum absolute atomic E-state index is 0.0302. The van der Waals surface area contributed by atoms with Crippen LogP contribution in [0, 0.1) is 6.92 Å². The van der Waals surface area contributed by atoms with Gasteiger partial charge in [-0.1, -0.05) is 13.3 Å². The predicted molar refractivity (Wildman–Crippen MR) is 82.2 cm³/mol. The summed E-state index contributed by atoms with van der Waals surface area (Å²) in [6.07, 6.45) is 2.08. The number of unbranched alkanes of at least 4 members (excludes halogenated alkanes) is 1. The minimum atomic E-state index is -0.0302. The standard InChI is InChI=1S/C15H26N4O/c1-6-9-10-18(5)15(20)13-11-14(17-12(4)16-13)19(7-2)8-3/h11H,6-10H2,1-5H3. The third-order valence-electron chi connectivity index (χ3n) is 3.32. The molecule has 0 aliphatic rings. The molecule has 0 radical (unpaired) electrons. The van der Waals surface area contributed by atoms with E-state index in [-0.39, 0.29) is 5.91 Å². The molecule has 0 saturated heterocycles. The van der Waals surface area contributed by atoms with Gasteiger partial charge in [-0.2, -0.15) is 0 Å². The molecule has 1 aromatic rings. The second-order valence-corrected chi connectivity index (χ2v) is 4.91. The Labute approximate surface area is 122 Å². The van der Waals surface area contributed by atoms with Crippen LogP contribution in [0.3, 0.4) is 0 Å². The zero-order valence-corrected chi connectivity index (χ0v) is 13.3. The van der Waals surface area contributed by atoms with Gasteiger partial charge in [-0.05, 0) is 27.2 Å². The molecule has 5 heteroatoms. The molecule has 1 aromatic heterocycles. The number of carbonyl (C=O) groups excluding carboxylic acids is 1. The van der Waals surface area contributed by atoms with Gasteiger partial charge in [0.2, 0.25) is 0 Å². The van der Waals surface area contributed by atoms with Gasteiger partial charge < -0.3 is 9.80 Å². The number of aromatic nitrogens is 2. The molecule has 5 nitrogen and oxygen atoms in total. The summed E-state index contributed by atoms with van der Waals surface area (Å²) < 4.78 is 0. The number of carbonyl (C=O) groups is 1. The highest BCUT2D eigenvalue weighted by Gasteiger charge is 2.16. The number of aryl methyl sites for hydroxylation is 1. The average Bonchev–Trinajstić information content (AvgIpc) is 2.44. The summed E-state index contributed by atoms with van der Waals surface area (Å²) in [7, 11) is 1.83. The fraction of sp³-hybridized carbons (Fsp3) is 0.667. The minimum Gasteiger partial charge on any atom is -0.357 e. The number of amides is 1. The van der Waals surface area contributed by atoms with Crippen LogP contribution in [-0.2, 0) is 0 Å². The summed E-state index contributed by atoms with van der Waals surface area (Å²) in [5.74, 6) is 1.44. The molecule has 0 fully saturated rings. The first-order chi connectivity index (χ1) is 9.53. The molecular formula is C15H26N4O. The largest absolute Gasteiger partial charge is 0.357 e. The third kappa shape index (κ3) is 4.18.